The summed E-state index contributed by atoms with van der Waals surface area (Å²) >= 11 is 5.73. The lowest BCUT2D eigenvalue weighted by Crippen LogP contribution is -2.34. The molecule has 0 radical (unpaired) electrons. The van der Waals surface area contributed by atoms with Gasteiger partial charge in [-0.05, 0) is 26.8 Å². The highest BCUT2D eigenvalue weighted by Crippen LogP contribution is 2.27. The molecule has 0 fully saturated rings. The van der Waals surface area contributed by atoms with Gasteiger partial charge in [-0.3, -0.25) is 0 Å². The van der Waals surface area contributed by atoms with E-state index in [9.17, 15) is 9.18 Å². The average Bonchev–Trinajstić information content (AvgIpc) is 2.80. The standard InChI is InChI=1S/C15H19ClFN5O2/c1-15(2,3)24-14(23)21(4)8-10-12(20-22(5)19-10)9-6-7-18-13(16)11(9)17/h6-7H,8H2,1-5H3. The zero-order valence-corrected chi connectivity index (χ0v) is 14.9. The van der Waals surface area contributed by atoms with Crippen LogP contribution in [0.5, 0.6) is 0 Å². The smallest absolute Gasteiger partial charge is 0.410 e. The van der Waals surface area contributed by atoms with Gasteiger partial charge in [0, 0.05) is 25.9 Å². The third-order valence-electron chi connectivity index (χ3n) is 2.98. The number of pyridine rings is 1. The van der Waals surface area contributed by atoms with Crippen molar-refractivity contribution in [1.29, 1.82) is 0 Å². The molecule has 24 heavy (non-hydrogen) atoms. The molecule has 9 heteroatoms. The van der Waals surface area contributed by atoms with Gasteiger partial charge < -0.3 is 9.64 Å². The first kappa shape index (κ1) is 18.1. The van der Waals surface area contributed by atoms with Crippen LogP contribution in [0.15, 0.2) is 12.3 Å². The van der Waals surface area contributed by atoms with E-state index < -0.39 is 17.5 Å². The van der Waals surface area contributed by atoms with Crippen molar-refractivity contribution in [3.63, 3.8) is 0 Å². The largest absolute Gasteiger partial charge is 0.444 e. The summed E-state index contributed by atoms with van der Waals surface area (Å²) in [4.78, 5) is 18.4. The molecule has 0 saturated carbocycles. The van der Waals surface area contributed by atoms with E-state index in [0.717, 1.165) is 0 Å². The van der Waals surface area contributed by atoms with Crippen molar-refractivity contribution in [1.82, 2.24) is 24.9 Å². The quantitative estimate of drug-likeness (QED) is 0.791. The Morgan fingerprint density at radius 3 is 2.71 bits per heavy atom. The van der Waals surface area contributed by atoms with Gasteiger partial charge in [-0.2, -0.15) is 15.0 Å². The molecule has 0 saturated heterocycles. The molecule has 7 nitrogen and oxygen atoms in total. The molecule has 0 aliphatic carbocycles. The van der Waals surface area contributed by atoms with Crippen molar-refractivity contribution >= 4 is 17.7 Å². The van der Waals surface area contributed by atoms with Crippen LogP contribution in [-0.4, -0.2) is 43.6 Å². The summed E-state index contributed by atoms with van der Waals surface area (Å²) in [5, 5.41) is 8.13. The monoisotopic (exact) mass is 355 g/mol. The number of ether oxygens (including phenoxy) is 1. The maximum absolute atomic E-state index is 14.2. The van der Waals surface area contributed by atoms with E-state index in [4.69, 9.17) is 16.3 Å². The minimum atomic E-state index is -0.680. The minimum Gasteiger partial charge on any atom is -0.444 e. The van der Waals surface area contributed by atoms with E-state index in [1.807, 2.05) is 0 Å². The molecular formula is C15H19ClFN5O2. The maximum atomic E-state index is 14.2. The molecule has 0 aliphatic rings. The van der Waals surface area contributed by atoms with Gasteiger partial charge in [0.1, 0.15) is 17.0 Å². The number of nitrogens with zero attached hydrogens (tertiary/aromatic N) is 5. The van der Waals surface area contributed by atoms with Crippen molar-refractivity contribution in [3.05, 3.63) is 28.9 Å². The van der Waals surface area contributed by atoms with Crippen LogP contribution >= 0.6 is 11.6 Å². The number of hydrogen-bond donors (Lipinski definition) is 0. The zero-order valence-electron chi connectivity index (χ0n) is 14.2. The van der Waals surface area contributed by atoms with Crippen LogP contribution in [0.4, 0.5) is 9.18 Å². The summed E-state index contributed by atoms with van der Waals surface area (Å²) in [7, 11) is 3.18. The topological polar surface area (TPSA) is 73.1 Å². The van der Waals surface area contributed by atoms with Crippen LogP contribution < -0.4 is 0 Å². The molecule has 0 unspecified atom stereocenters. The number of rotatable bonds is 3. The van der Waals surface area contributed by atoms with Crippen molar-refractivity contribution in [2.45, 2.75) is 32.9 Å². The van der Waals surface area contributed by atoms with Gasteiger partial charge in [0.15, 0.2) is 11.0 Å². The number of aromatic nitrogens is 4. The Bertz CT molecular complexity index is 757. The third kappa shape index (κ3) is 4.19. The second-order valence-electron chi connectivity index (χ2n) is 6.28. The fourth-order valence-corrected chi connectivity index (χ4v) is 2.15. The van der Waals surface area contributed by atoms with Crippen LogP contribution in [0.1, 0.15) is 26.5 Å². The van der Waals surface area contributed by atoms with E-state index in [1.54, 1.807) is 34.9 Å². The fraction of sp³-hybridized carbons (Fsp3) is 0.467. The molecule has 130 valence electrons. The fourth-order valence-electron chi connectivity index (χ4n) is 1.99. The SMILES string of the molecule is CN(Cc1nn(C)nc1-c1ccnc(Cl)c1F)C(=O)OC(C)(C)C. The number of hydrogen-bond acceptors (Lipinski definition) is 5. The molecule has 0 aromatic carbocycles. The molecule has 1 amide bonds. The van der Waals surface area contributed by atoms with E-state index >= 15 is 0 Å². The number of halogens is 2. The lowest BCUT2D eigenvalue weighted by Gasteiger charge is -2.24. The molecule has 0 atom stereocenters. The number of carbonyl (C=O) groups is 1. The first-order valence-corrected chi connectivity index (χ1v) is 7.61. The summed E-state index contributed by atoms with van der Waals surface area (Å²) < 4.78 is 19.5. The van der Waals surface area contributed by atoms with E-state index in [0.29, 0.717) is 11.4 Å². The van der Waals surface area contributed by atoms with Gasteiger partial charge in [-0.1, -0.05) is 11.6 Å². The highest BCUT2D eigenvalue weighted by Gasteiger charge is 2.23. The molecular weight excluding hydrogens is 337 g/mol. The zero-order chi connectivity index (χ0) is 18.1. The number of carbonyl (C=O) groups excluding carboxylic acids is 1. The van der Waals surface area contributed by atoms with Crippen LogP contribution in [-0.2, 0) is 18.3 Å². The van der Waals surface area contributed by atoms with Crippen molar-refractivity contribution in [3.8, 4) is 11.3 Å². The highest BCUT2D eigenvalue weighted by atomic mass is 35.5. The minimum absolute atomic E-state index is 0.109. The average molecular weight is 356 g/mol. The Morgan fingerprint density at radius 1 is 1.42 bits per heavy atom. The summed E-state index contributed by atoms with van der Waals surface area (Å²) in [6, 6.07) is 1.46. The van der Waals surface area contributed by atoms with Gasteiger partial charge in [0.05, 0.1) is 6.54 Å². The number of amides is 1. The summed E-state index contributed by atoms with van der Waals surface area (Å²) in [5.41, 5.74) is 0.291. The molecule has 0 N–H and O–H groups in total. The number of aryl methyl sites for hydroxylation is 1. The molecule has 0 bridgehead atoms. The molecule has 2 aromatic rings. The first-order chi connectivity index (χ1) is 11.1. The van der Waals surface area contributed by atoms with Gasteiger partial charge >= 0.3 is 6.09 Å². The Hall–Kier alpha value is -2.22. The van der Waals surface area contributed by atoms with E-state index in [-0.39, 0.29) is 17.3 Å². The Kier molecular flexibility index (Phi) is 5.08. The normalized spacial score (nSPS) is 11.5. The van der Waals surface area contributed by atoms with Crippen molar-refractivity contribution in [2.24, 2.45) is 7.05 Å². The Labute approximate surface area is 144 Å². The van der Waals surface area contributed by atoms with Crippen LogP contribution in [0, 0.1) is 5.82 Å². The third-order valence-corrected chi connectivity index (χ3v) is 3.24. The van der Waals surface area contributed by atoms with Crippen LogP contribution in [0.2, 0.25) is 5.15 Å². The molecule has 0 spiro atoms. The lowest BCUT2D eigenvalue weighted by atomic mass is 10.1. The predicted octanol–water partition coefficient (Wildman–Crippen LogP) is 3.04. The van der Waals surface area contributed by atoms with Gasteiger partial charge in [0.25, 0.3) is 0 Å². The Morgan fingerprint density at radius 2 is 2.08 bits per heavy atom. The molecule has 0 aliphatic heterocycles. The maximum Gasteiger partial charge on any atom is 0.410 e. The van der Waals surface area contributed by atoms with Crippen molar-refractivity contribution in [2.75, 3.05) is 7.05 Å². The van der Waals surface area contributed by atoms with Gasteiger partial charge in [0.2, 0.25) is 0 Å². The molecule has 2 heterocycles. The van der Waals surface area contributed by atoms with Gasteiger partial charge in [-0.15, -0.1) is 0 Å². The lowest BCUT2D eigenvalue weighted by molar-refractivity contribution is 0.0283. The van der Waals surface area contributed by atoms with Crippen molar-refractivity contribution < 1.29 is 13.9 Å². The first-order valence-electron chi connectivity index (χ1n) is 7.23. The predicted molar refractivity (Wildman–Crippen MR) is 86.9 cm³/mol. The van der Waals surface area contributed by atoms with E-state index in [1.165, 1.54) is 22.0 Å². The van der Waals surface area contributed by atoms with Gasteiger partial charge in [-0.25, -0.2) is 14.2 Å². The summed E-state index contributed by atoms with van der Waals surface area (Å²) in [6.45, 7) is 5.44. The second-order valence-corrected chi connectivity index (χ2v) is 6.64. The van der Waals surface area contributed by atoms with Crippen LogP contribution in [0.25, 0.3) is 11.3 Å². The molecule has 2 rings (SSSR count). The molecule has 2 aromatic heterocycles. The second kappa shape index (κ2) is 6.72. The van der Waals surface area contributed by atoms with Crippen LogP contribution in [0.3, 0.4) is 0 Å². The van der Waals surface area contributed by atoms with E-state index in [2.05, 4.69) is 15.2 Å². The Balaban J connectivity index is 2.30. The highest BCUT2D eigenvalue weighted by molar-refractivity contribution is 6.29. The summed E-state index contributed by atoms with van der Waals surface area (Å²) in [5.74, 6) is -0.680. The summed E-state index contributed by atoms with van der Waals surface area (Å²) in [6.07, 6.45) is 0.879.